The fourth-order valence-corrected chi connectivity index (χ4v) is 2.10. The van der Waals surface area contributed by atoms with Gasteiger partial charge in [0, 0.05) is 5.71 Å². The molecule has 1 rings (SSSR count). The molecule has 1 aliphatic carbocycles. The highest BCUT2D eigenvalue weighted by Gasteiger charge is 2.25. The van der Waals surface area contributed by atoms with Gasteiger partial charge in [0.15, 0.2) is 5.11 Å². The predicted molar refractivity (Wildman–Crippen MR) is 68.7 cm³/mol. The van der Waals surface area contributed by atoms with Crippen LogP contribution in [0.2, 0.25) is 0 Å². The van der Waals surface area contributed by atoms with Gasteiger partial charge in [-0.25, -0.2) is 0 Å². The Morgan fingerprint density at radius 3 is 2.73 bits per heavy atom. The van der Waals surface area contributed by atoms with Gasteiger partial charge in [-0.3, -0.25) is 5.43 Å². The largest absolute Gasteiger partial charge is 0.375 e. The molecule has 0 aliphatic heterocycles. The van der Waals surface area contributed by atoms with Gasteiger partial charge in [0.05, 0.1) is 0 Å². The third-order valence-electron chi connectivity index (χ3n) is 3.26. The highest BCUT2D eigenvalue weighted by atomic mass is 32.1. The first kappa shape index (κ1) is 12.4. The van der Waals surface area contributed by atoms with Gasteiger partial charge >= 0.3 is 0 Å². The maximum Gasteiger partial charge on any atom is 0.184 e. The van der Waals surface area contributed by atoms with E-state index < -0.39 is 0 Å². The van der Waals surface area contributed by atoms with Gasteiger partial charge in [-0.1, -0.05) is 20.8 Å². The van der Waals surface area contributed by atoms with Gasteiger partial charge in [-0.05, 0) is 49.2 Å². The molecule has 3 N–H and O–H groups in total. The Kier molecular flexibility index (Phi) is 4.51. The number of hydrogen-bond acceptors (Lipinski definition) is 2. The fraction of sp³-hybridized carbons (Fsp3) is 0.818. The van der Waals surface area contributed by atoms with Crippen LogP contribution >= 0.6 is 12.2 Å². The maximum atomic E-state index is 5.36. The number of thiocarbonyl (C=S) groups is 1. The Balaban J connectivity index is 2.60. The summed E-state index contributed by atoms with van der Waals surface area (Å²) in [7, 11) is 0. The molecule has 86 valence electrons. The number of nitrogens with one attached hydrogen (secondary N) is 1. The average Bonchev–Trinajstić information content (AvgIpc) is 2.16. The van der Waals surface area contributed by atoms with Crippen molar-refractivity contribution in [1.82, 2.24) is 5.43 Å². The molecule has 0 heterocycles. The lowest BCUT2D eigenvalue weighted by molar-refractivity contribution is 0.323. The molecule has 0 amide bonds. The zero-order valence-corrected chi connectivity index (χ0v) is 10.6. The molecule has 0 saturated heterocycles. The third kappa shape index (κ3) is 3.78. The molecule has 0 aromatic rings. The molecule has 15 heavy (non-hydrogen) atoms. The molecule has 0 bridgehead atoms. The minimum Gasteiger partial charge on any atom is -0.375 e. The molecule has 0 radical (unpaired) electrons. The first-order chi connectivity index (χ1) is 7.00. The molecule has 1 fully saturated rings. The molecule has 2 unspecified atom stereocenters. The monoisotopic (exact) mass is 227 g/mol. The second kappa shape index (κ2) is 5.45. The summed E-state index contributed by atoms with van der Waals surface area (Å²) in [5.74, 6) is 2.04. The van der Waals surface area contributed by atoms with Crippen molar-refractivity contribution in [1.29, 1.82) is 0 Å². The predicted octanol–water partition coefficient (Wildman–Crippen LogP) is 2.27. The summed E-state index contributed by atoms with van der Waals surface area (Å²) in [6.45, 7) is 6.77. The van der Waals surface area contributed by atoms with E-state index in [1.54, 1.807) is 0 Å². The van der Waals surface area contributed by atoms with E-state index in [0.717, 1.165) is 18.3 Å². The van der Waals surface area contributed by atoms with Gasteiger partial charge in [0.1, 0.15) is 0 Å². The Hall–Kier alpha value is -0.640. The van der Waals surface area contributed by atoms with E-state index in [1.807, 2.05) is 0 Å². The molecule has 1 saturated carbocycles. The van der Waals surface area contributed by atoms with Gasteiger partial charge < -0.3 is 5.73 Å². The number of hydrazone groups is 1. The first-order valence-electron chi connectivity index (χ1n) is 5.62. The molecule has 0 spiro atoms. The van der Waals surface area contributed by atoms with E-state index in [1.165, 1.54) is 18.6 Å². The summed E-state index contributed by atoms with van der Waals surface area (Å²) in [6, 6.07) is 0. The summed E-state index contributed by atoms with van der Waals surface area (Å²) in [5, 5.41) is 4.55. The van der Waals surface area contributed by atoms with Crippen LogP contribution in [0.15, 0.2) is 5.10 Å². The quantitative estimate of drug-likeness (QED) is 0.562. The van der Waals surface area contributed by atoms with Crippen molar-refractivity contribution in [3.8, 4) is 0 Å². The zero-order chi connectivity index (χ0) is 11.4. The van der Waals surface area contributed by atoms with Crippen molar-refractivity contribution >= 4 is 23.0 Å². The Morgan fingerprint density at radius 2 is 2.20 bits per heavy atom. The molecular formula is C11H21N3S. The number of hydrogen-bond donors (Lipinski definition) is 2. The van der Waals surface area contributed by atoms with Crippen LogP contribution in [0.4, 0.5) is 0 Å². The summed E-state index contributed by atoms with van der Waals surface area (Å²) in [5.41, 5.74) is 9.28. The van der Waals surface area contributed by atoms with Gasteiger partial charge in [-0.2, -0.15) is 5.10 Å². The van der Waals surface area contributed by atoms with E-state index >= 15 is 0 Å². The van der Waals surface area contributed by atoms with Crippen LogP contribution in [0.3, 0.4) is 0 Å². The summed E-state index contributed by atoms with van der Waals surface area (Å²) < 4.78 is 0. The van der Waals surface area contributed by atoms with Crippen LogP contribution in [-0.2, 0) is 0 Å². The van der Waals surface area contributed by atoms with E-state index in [9.17, 15) is 0 Å². The van der Waals surface area contributed by atoms with Crippen molar-refractivity contribution in [3.05, 3.63) is 0 Å². The highest BCUT2D eigenvalue weighted by Crippen LogP contribution is 2.31. The molecule has 4 heteroatoms. The van der Waals surface area contributed by atoms with E-state index in [-0.39, 0.29) is 5.11 Å². The van der Waals surface area contributed by atoms with Crippen molar-refractivity contribution in [3.63, 3.8) is 0 Å². The molecule has 3 nitrogen and oxygen atoms in total. The van der Waals surface area contributed by atoms with Crippen LogP contribution in [0.25, 0.3) is 0 Å². The Bertz CT molecular complexity index is 261. The Morgan fingerprint density at radius 1 is 1.53 bits per heavy atom. The lowest BCUT2D eigenvalue weighted by Crippen LogP contribution is -2.31. The fourth-order valence-electron chi connectivity index (χ4n) is 2.05. The smallest absolute Gasteiger partial charge is 0.184 e. The van der Waals surface area contributed by atoms with E-state index in [2.05, 4.69) is 31.3 Å². The molecule has 2 atom stereocenters. The first-order valence-corrected chi connectivity index (χ1v) is 6.03. The number of rotatable bonds is 2. The second-order valence-electron chi connectivity index (χ2n) is 4.77. The average molecular weight is 227 g/mol. The second-order valence-corrected chi connectivity index (χ2v) is 5.21. The third-order valence-corrected chi connectivity index (χ3v) is 3.35. The summed E-state index contributed by atoms with van der Waals surface area (Å²) >= 11 is 4.74. The van der Waals surface area contributed by atoms with Crippen LogP contribution in [0.5, 0.6) is 0 Å². The van der Waals surface area contributed by atoms with Crippen LogP contribution in [0.1, 0.15) is 40.0 Å². The van der Waals surface area contributed by atoms with E-state index in [0.29, 0.717) is 5.92 Å². The lowest BCUT2D eigenvalue weighted by atomic mass is 9.76. The summed E-state index contributed by atoms with van der Waals surface area (Å²) in [6.07, 6.45) is 3.61. The van der Waals surface area contributed by atoms with Gasteiger partial charge in [0.2, 0.25) is 0 Å². The Labute approximate surface area is 97.5 Å². The van der Waals surface area contributed by atoms with Gasteiger partial charge in [-0.15, -0.1) is 0 Å². The normalized spacial score (nSPS) is 29.5. The van der Waals surface area contributed by atoms with Crippen molar-refractivity contribution in [2.75, 3.05) is 0 Å². The maximum absolute atomic E-state index is 5.36. The van der Waals surface area contributed by atoms with Crippen LogP contribution < -0.4 is 11.2 Å². The topological polar surface area (TPSA) is 50.4 Å². The lowest BCUT2D eigenvalue weighted by Gasteiger charge is -2.30. The van der Waals surface area contributed by atoms with Crippen molar-refractivity contribution in [2.45, 2.75) is 40.0 Å². The highest BCUT2D eigenvalue weighted by molar-refractivity contribution is 7.80. The molecule has 0 aromatic carbocycles. The number of nitrogens with two attached hydrogens (primary N) is 1. The number of nitrogens with zero attached hydrogens (tertiary/aromatic N) is 1. The van der Waals surface area contributed by atoms with Crippen LogP contribution in [-0.4, -0.2) is 10.8 Å². The molecular weight excluding hydrogens is 206 g/mol. The standard InChI is InChI=1S/C11H21N3S/c1-7(2)9-5-4-8(3)10(6-9)13-14-11(12)15/h7-9H,4-6H2,1-3H3,(H3,12,14,15). The van der Waals surface area contributed by atoms with Crippen LogP contribution in [0, 0.1) is 17.8 Å². The zero-order valence-electron chi connectivity index (χ0n) is 9.79. The minimum absolute atomic E-state index is 0.251. The van der Waals surface area contributed by atoms with Gasteiger partial charge in [0.25, 0.3) is 0 Å². The molecule has 1 aliphatic rings. The van der Waals surface area contributed by atoms with E-state index in [4.69, 9.17) is 18.0 Å². The van der Waals surface area contributed by atoms with Crippen molar-refractivity contribution in [2.24, 2.45) is 28.6 Å². The minimum atomic E-state index is 0.251. The van der Waals surface area contributed by atoms with Crippen molar-refractivity contribution < 1.29 is 0 Å². The summed E-state index contributed by atoms with van der Waals surface area (Å²) in [4.78, 5) is 0. The molecule has 0 aromatic heterocycles. The SMILES string of the molecule is CC1CCC(C(C)C)CC1=NNC(N)=S.